The molecule has 12 heteroatoms. The SMILES string of the molecule is COC(=O)CNC(=O)c1ccc(NC(=O)Cn2c(=O)oc3cc([N+](=O)[O-])ccc32)cc1. The Balaban J connectivity index is 1.66. The Bertz CT molecular complexity index is 1230. The molecule has 2 N–H and O–H groups in total. The van der Waals surface area contributed by atoms with Crippen molar-refractivity contribution in [2.24, 2.45) is 0 Å². The number of esters is 1. The number of anilines is 1. The summed E-state index contributed by atoms with van der Waals surface area (Å²) in [7, 11) is 1.20. The number of hydrogen-bond donors (Lipinski definition) is 2. The second-order valence-electron chi connectivity index (χ2n) is 6.25. The van der Waals surface area contributed by atoms with Crippen LogP contribution in [0.4, 0.5) is 11.4 Å². The van der Waals surface area contributed by atoms with Crippen LogP contribution in [-0.2, 0) is 20.9 Å². The third-order valence-electron chi connectivity index (χ3n) is 4.22. The van der Waals surface area contributed by atoms with E-state index in [-0.39, 0.29) is 35.4 Å². The largest absolute Gasteiger partial charge is 0.468 e. The number of nitro groups is 1. The predicted molar refractivity (Wildman–Crippen MR) is 107 cm³/mol. The summed E-state index contributed by atoms with van der Waals surface area (Å²) in [5.41, 5.74) is 0.623. The Morgan fingerprint density at radius 1 is 1.16 bits per heavy atom. The number of oxazole rings is 1. The van der Waals surface area contributed by atoms with Crippen molar-refractivity contribution in [3.8, 4) is 0 Å². The molecule has 3 rings (SSSR count). The highest BCUT2D eigenvalue weighted by molar-refractivity contribution is 5.97. The van der Waals surface area contributed by atoms with Crippen LogP contribution in [0.2, 0.25) is 0 Å². The molecule has 2 amide bonds. The Hall–Kier alpha value is -4.48. The minimum atomic E-state index is -0.830. The lowest BCUT2D eigenvalue weighted by Crippen LogP contribution is -2.30. The number of aromatic nitrogens is 1. The number of hydrogen-bond acceptors (Lipinski definition) is 8. The first-order chi connectivity index (χ1) is 14.8. The van der Waals surface area contributed by atoms with Crippen molar-refractivity contribution in [3.05, 3.63) is 68.7 Å². The number of carbonyl (C=O) groups is 3. The standard InChI is InChI=1S/C19H16N4O8/c1-30-17(25)9-20-18(26)11-2-4-12(5-3-11)21-16(24)10-22-14-7-6-13(23(28)29)8-15(14)31-19(22)27/h2-8H,9-10H2,1H3,(H,20,26)(H,21,24). The second-order valence-corrected chi connectivity index (χ2v) is 6.25. The van der Waals surface area contributed by atoms with Gasteiger partial charge in [0.05, 0.1) is 23.6 Å². The van der Waals surface area contributed by atoms with E-state index < -0.39 is 28.5 Å². The highest BCUT2D eigenvalue weighted by Gasteiger charge is 2.16. The smallest absolute Gasteiger partial charge is 0.420 e. The Kier molecular flexibility index (Phi) is 6.10. The van der Waals surface area contributed by atoms with Crippen molar-refractivity contribution in [1.82, 2.24) is 9.88 Å². The molecule has 1 heterocycles. The van der Waals surface area contributed by atoms with Crippen molar-refractivity contribution < 1.29 is 28.5 Å². The minimum absolute atomic E-state index is 0.00526. The monoisotopic (exact) mass is 428 g/mol. The number of ether oxygens (including phenoxy) is 1. The fraction of sp³-hybridized carbons (Fsp3) is 0.158. The van der Waals surface area contributed by atoms with Gasteiger partial charge in [-0.25, -0.2) is 4.79 Å². The van der Waals surface area contributed by atoms with Crippen molar-refractivity contribution in [3.63, 3.8) is 0 Å². The van der Waals surface area contributed by atoms with Crippen molar-refractivity contribution in [2.75, 3.05) is 19.0 Å². The maximum atomic E-state index is 12.3. The number of non-ortho nitro benzene ring substituents is 1. The number of carbonyl (C=O) groups excluding carboxylic acids is 3. The van der Waals surface area contributed by atoms with E-state index in [0.717, 1.165) is 10.6 Å². The van der Waals surface area contributed by atoms with Gasteiger partial charge in [0.2, 0.25) is 5.91 Å². The van der Waals surface area contributed by atoms with Crippen LogP contribution in [-0.4, -0.2) is 40.9 Å². The molecule has 0 saturated heterocycles. The van der Waals surface area contributed by atoms with Gasteiger partial charge in [0.1, 0.15) is 13.1 Å². The third kappa shape index (κ3) is 4.93. The molecular weight excluding hydrogens is 412 g/mol. The summed E-state index contributed by atoms with van der Waals surface area (Å²) in [6, 6.07) is 9.48. The molecule has 12 nitrogen and oxygen atoms in total. The second kappa shape index (κ2) is 8.90. The van der Waals surface area contributed by atoms with Crippen molar-refractivity contribution in [1.29, 1.82) is 0 Å². The van der Waals surface area contributed by atoms with E-state index >= 15 is 0 Å². The summed E-state index contributed by atoms with van der Waals surface area (Å²) in [5, 5.41) is 15.8. The van der Waals surface area contributed by atoms with Crippen molar-refractivity contribution in [2.45, 2.75) is 6.54 Å². The topological polar surface area (TPSA) is 163 Å². The molecule has 2 aromatic carbocycles. The average Bonchev–Trinajstić information content (AvgIpc) is 3.06. The molecule has 3 aromatic rings. The lowest BCUT2D eigenvalue weighted by atomic mass is 10.2. The normalized spacial score (nSPS) is 10.5. The van der Waals surface area contributed by atoms with Gasteiger partial charge in [-0.05, 0) is 30.3 Å². The number of nitrogens with zero attached hydrogens (tertiary/aromatic N) is 2. The van der Waals surface area contributed by atoms with E-state index in [0.29, 0.717) is 5.69 Å². The first kappa shape index (κ1) is 21.2. The molecule has 1 aromatic heterocycles. The quantitative estimate of drug-likeness (QED) is 0.320. The Labute approximate surface area is 173 Å². The molecule has 0 bridgehead atoms. The number of methoxy groups -OCH3 is 1. The van der Waals surface area contributed by atoms with E-state index in [1.54, 1.807) is 0 Å². The molecule has 31 heavy (non-hydrogen) atoms. The summed E-state index contributed by atoms with van der Waals surface area (Å²) in [6.45, 7) is -0.657. The highest BCUT2D eigenvalue weighted by atomic mass is 16.6. The van der Waals surface area contributed by atoms with Crippen molar-refractivity contribution >= 4 is 40.3 Å². The van der Waals surface area contributed by atoms with E-state index in [4.69, 9.17) is 4.42 Å². The lowest BCUT2D eigenvalue weighted by molar-refractivity contribution is -0.384. The molecule has 0 fully saturated rings. The summed E-state index contributed by atoms with van der Waals surface area (Å²) >= 11 is 0. The van der Waals surface area contributed by atoms with Crippen LogP contribution in [0.3, 0.4) is 0 Å². The summed E-state index contributed by atoms with van der Waals surface area (Å²) in [6.07, 6.45) is 0. The van der Waals surface area contributed by atoms with Crippen LogP contribution >= 0.6 is 0 Å². The highest BCUT2D eigenvalue weighted by Crippen LogP contribution is 2.20. The molecule has 0 radical (unpaired) electrons. The molecule has 0 saturated carbocycles. The van der Waals surface area contributed by atoms with Crippen LogP contribution in [0.25, 0.3) is 11.1 Å². The van der Waals surface area contributed by atoms with Gasteiger partial charge >= 0.3 is 11.7 Å². The summed E-state index contributed by atoms with van der Waals surface area (Å²) < 4.78 is 10.5. The van der Waals surface area contributed by atoms with Crippen LogP contribution in [0.1, 0.15) is 10.4 Å². The molecule has 160 valence electrons. The Morgan fingerprint density at radius 2 is 1.87 bits per heavy atom. The van der Waals surface area contributed by atoms with Crippen LogP contribution in [0.15, 0.2) is 51.7 Å². The zero-order valence-corrected chi connectivity index (χ0v) is 16.1. The van der Waals surface area contributed by atoms with Gasteiger partial charge in [-0.2, -0.15) is 0 Å². The summed E-state index contributed by atoms with van der Waals surface area (Å²) in [4.78, 5) is 57.6. The van der Waals surface area contributed by atoms with Crippen LogP contribution in [0.5, 0.6) is 0 Å². The Morgan fingerprint density at radius 3 is 2.52 bits per heavy atom. The number of benzene rings is 2. The first-order valence-electron chi connectivity index (χ1n) is 8.81. The van der Waals surface area contributed by atoms with E-state index in [9.17, 15) is 29.3 Å². The fourth-order valence-corrected chi connectivity index (χ4v) is 2.69. The van der Waals surface area contributed by atoms with E-state index in [1.807, 2.05) is 0 Å². The zero-order chi connectivity index (χ0) is 22.5. The molecule has 0 aliphatic carbocycles. The number of rotatable bonds is 7. The zero-order valence-electron chi connectivity index (χ0n) is 16.1. The van der Waals surface area contributed by atoms with Gasteiger partial charge < -0.3 is 19.8 Å². The van der Waals surface area contributed by atoms with Crippen LogP contribution in [0, 0.1) is 10.1 Å². The summed E-state index contributed by atoms with van der Waals surface area (Å²) in [5.74, 6) is -2.46. The molecular formula is C19H16N4O8. The first-order valence-corrected chi connectivity index (χ1v) is 8.81. The minimum Gasteiger partial charge on any atom is -0.468 e. The number of nitrogens with one attached hydrogen (secondary N) is 2. The number of amides is 2. The van der Waals surface area contributed by atoms with Gasteiger partial charge in [0.25, 0.3) is 11.6 Å². The van der Waals surface area contributed by atoms with Gasteiger partial charge in [0.15, 0.2) is 5.58 Å². The third-order valence-corrected chi connectivity index (χ3v) is 4.22. The average molecular weight is 428 g/mol. The van der Waals surface area contributed by atoms with E-state index in [1.165, 1.54) is 43.5 Å². The predicted octanol–water partition coefficient (Wildman–Crippen LogP) is 1.04. The fourth-order valence-electron chi connectivity index (χ4n) is 2.69. The van der Waals surface area contributed by atoms with Gasteiger partial charge in [-0.3, -0.25) is 29.1 Å². The molecule has 0 spiro atoms. The number of fused-ring (bicyclic) bond motifs is 1. The van der Waals surface area contributed by atoms with Gasteiger partial charge in [-0.15, -0.1) is 0 Å². The molecule has 0 unspecified atom stereocenters. The molecule has 0 atom stereocenters. The molecule has 0 aliphatic heterocycles. The van der Waals surface area contributed by atoms with Gasteiger partial charge in [0, 0.05) is 17.3 Å². The maximum absolute atomic E-state index is 12.3. The molecule has 0 aliphatic rings. The van der Waals surface area contributed by atoms with Crippen LogP contribution < -0.4 is 16.4 Å². The lowest BCUT2D eigenvalue weighted by Gasteiger charge is -2.07. The maximum Gasteiger partial charge on any atom is 0.420 e. The van der Waals surface area contributed by atoms with Gasteiger partial charge in [-0.1, -0.05) is 0 Å². The number of nitro benzene ring substituents is 1. The van der Waals surface area contributed by atoms with E-state index in [2.05, 4.69) is 15.4 Å².